The van der Waals surface area contributed by atoms with E-state index in [9.17, 15) is 4.79 Å². The Morgan fingerprint density at radius 2 is 2.07 bits per heavy atom. The standard InChI is InChI=1S/C21H27NO5/c1-6-22-14-9-10-16-15(12-14)18(25-13(2)3)19(21(4,5)27-16)26-20(23)17-8-7-11-24-17/h7-13,18-19,22H,6H2,1-5H3. The summed E-state index contributed by atoms with van der Waals surface area (Å²) >= 11 is 0. The number of hydrogen-bond donors (Lipinski definition) is 1. The number of esters is 1. The number of benzene rings is 1. The van der Waals surface area contributed by atoms with Crippen molar-refractivity contribution in [3.05, 3.63) is 47.9 Å². The highest BCUT2D eigenvalue weighted by Gasteiger charge is 2.48. The van der Waals surface area contributed by atoms with Crippen LogP contribution >= 0.6 is 0 Å². The van der Waals surface area contributed by atoms with Crippen molar-refractivity contribution in [3.8, 4) is 5.75 Å². The molecule has 2 heterocycles. The average Bonchev–Trinajstić information content (AvgIpc) is 3.12. The second-order valence-corrected chi connectivity index (χ2v) is 7.40. The summed E-state index contributed by atoms with van der Waals surface area (Å²) in [7, 11) is 0. The lowest BCUT2D eigenvalue weighted by Crippen LogP contribution is -2.52. The Bertz CT molecular complexity index is 782. The van der Waals surface area contributed by atoms with Crippen molar-refractivity contribution in [2.24, 2.45) is 0 Å². The van der Waals surface area contributed by atoms with Gasteiger partial charge < -0.3 is 23.9 Å². The fourth-order valence-corrected chi connectivity index (χ4v) is 3.26. The Balaban J connectivity index is 1.99. The molecule has 2 unspecified atom stereocenters. The van der Waals surface area contributed by atoms with E-state index < -0.39 is 23.8 Å². The summed E-state index contributed by atoms with van der Waals surface area (Å²) in [4.78, 5) is 12.5. The summed E-state index contributed by atoms with van der Waals surface area (Å²) in [6.45, 7) is 10.5. The molecular formula is C21H27NO5. The summed E-state index contributed by atoms with van der Waals surface area (Å²) in [6, 6.07) is 9.12. The van der Waals surface area contributed by atoms with Gasteiger partial charge >= 0.3 is 5.97 Å². The van der Waals surface area contributed by atoms with E-state index in [0.29, 0.717) is 0 Å². The molecule has 2 atom stereocenters. The number of rotatable bonds is 6. The van der Waals surface area contributed by atoms with Crippen molar-refractivity contribution in [1.82, 2.24) is 0 Å². The van der Waals surface area contributed by atoms with Crippen molar-refractivity contribution >= 4 is 11.7 Å². The number of ether oxygens (including phenoxy) is 3. The van der Waals surface area contributed by atoms with E-state index in [-0.39, 0.29) is 11.9 Å². The van der Waals surface area contributed by atoms with E-state index >= 15 is 0 Å². The van der Waals surface area contributed by atoms with Gasteiger partial charge in [-0.15, -0.1) is 0 Å². The van der Waals surface area contributed by atoms with Gasteiger partial charge in [0.15, 0.2) is 6.10 Å². The summed E-state index contributed by atoms with van der Waals surface area (Å²) < 4.78 is 23.4. The number of nitrogens with one attached hydrogen (secondary N) is 1. The molecule has 0 aliphatic carbocycles. The van der Waals surface area contributed by atoms with Crippen molar-refractivity contribution in [2.75, 3.05) is 11.9 Å². The van der Waals surface area contributed by atoms with Crippen LogP contribution in [0.4, 0.5) is 5.69 Å². The molecule has 0 saturated carbocycles. The topological polar surface area (TPSA) is 69.9 Å². The molecule has 0 spiro atoms. The predicted octanol–water partition coefficient (Wildman–Crippen LogP) is 4.57. The summed E-state index contributed by atoms with van der Waals surface area (Å²) in [6.07, 6.45) is 0.298. The number of carbonyl (C=O) groups is 1. The Morgan fingerprint density at radius 3 is 2.70 bits per heavy atom. The van der Waals surface area contributed by atoms with E-state index in [4.69, 9.17) is 18.6 Å². The zero-order valence-corrected chi connectivity index (χ0v) is 16.4. The highest BCUT2D eigenvalue weighted by molar-refractivity contribution is 5.86. The third kappa shape index (κ3) is 4.11. The van der Waals surface area contributed by atoms with Crippen LogP contribution in [0.15, 0.2) is 41.0 Å². The molecule has 1 aromatic carbocycles. The van der Waals surface area contributed by atoms with Crippen LogP contribution in [0.5, 0.6) is 5.75 Å². The molecule has 6 nitrogen and oxygen atoms in total. The number of fused-ring (bicyclic) bond motifs is 1. The molecule has 1 aliphatic heterocycles. The van der Waals surface area contributed by atoms with Gasteiger partial charge in [0.2, 0.25) is 5.76 Å². The minimum atomic E-state index is -0.769. The first kappa shape index (κ1) is 19.3. The van der Waals surface area contributed by atoms with E-state index in [1.54, 1.807) is 12.1 Å². The van der Waals surface area contributed by atoms with Gasteiger partial charge in [-0.3, -0.25) is 0 Å². The van der Waals surface area contributed by atoms with Gasteiger partial charge in [-0.1, -0.05) is 0 Å². The smallest absolute Gasteiger partial charge is 0.374 e. The highest BCUT2D eigenvalue weighted by atomic mass is 16.6. The molecule has 3 rings (SSSR count). The van der Waals surface area contributed by atoms with Crippen LogP contribution in [0, 0.1) is 0 Å². The number of anilines is 1. The minimum Gasteiger partial charge on any atom is -0.483 e. The number of carbonyl (C=O) groups excluding carboxylic acids is 1. The number of hydrogen-bond acceptors (Lipinski definition) is 6. The zero-order chi connectivity index (χ0) is 19.6. The van der Waals surface area contributed by atoms with Crippen LogP contribution in [0.1, 0.15) is 56.8 Å². The van der Waals surface area contributed by atoms with Gasteiger partial charge in [0.25, 0.3) is 0 Å². The normalized spacial score (nSPS) is 20.7. The van der Waals surface area contributed by atoms with Gasteiger partial charge in [-0.2, -0.15) is 0 Å². The minimum absolute atomic E-state index is 0.0515. The lowest BCUT2D eigenvalue weighted by molar-refractivity contribution is -0.152. The third-order valence-corrected chi connectivity index (χ3v) is 4.41. The van der Waals surface area contributed by atoms with E-state index in [0.717, 1.165) is 23.5 Å². The molecule has 1 aromatic heterocycles. The van der Waals surface area contributed by atoms with Crippen molar-refractivity contribution in [1.29, 1.82) is 0 Å². The van der Waals surface area contributed by atoms with E-state index in [1.807, 2.05) is 52.8 Å². The van der Waals surface area contributed by atoms with Crippen LogP contribution in [0.3, 0.4) is 0 Å². The molecule has 6 heteroatoms. The first-order valence-electron chi connectivity index (χ1n) is 9.28. The maximum absolute atomic E-state index is 12.5. The van der Waals surface area contributed by atoms with Crippen molar-refractivity contribution < 1.29 is 23.4 Å². The number of furan rings is 1. The second kappa shape index (κ2) is 7.64. The predicted molar refractivity (Wildman–Crippen MR) is 102 cm³/mol. The quantitative estimate of drug-likeness (QED) is 0.748. The Hall–Kier alpha value is -2.47. The molecule has 1 aliphatic rings. The van der Waals surface area contributed by atoms with Crippen molar-refractivity contribution in [2.45, 2.75) is 58.5 Å². The van der Waals surface area contributed by atoms with Crippen LogP contribution in [0.2, 0.25) is 0 Å². The molecule has 27 heavy (non-hydrogen) atoms. The van der Waals surface area contributed by atoms with Gasteiger partial charge in [0.05, 0.1) is 12.4 Å². The lowest BCUT2D eigenvalue weighted by atomic mass is 9.87. The first-order valence-corrected chi connectivity index (χ1v) is 9.28. The Morgan fingerprint density at radius 1 is 1.30 bits per heavy atom. The molecular weight excluding hydrogens is 346 g/mol. The monoisotopic (exact) mass is 373 g/mol. The Kier molecular flexibility index (Phi) is 5.46. The van der Waals surface area contributed by atoms with Crippen molar-refractivity contribution in [3.63, 3.8) is 0 Å². The van der Waals surface area contributed by atoms with Crippen LogP contribution in [0.25, 0.3) is 0 Å². The fourth-order valence-electron chi connectivity index (χ4n) is 3.26. The van der Waals surface area contributed by atoms with Gasteiger partial charge in [0.1, 0.15) is 17.5 Å². The van der Waals surface area contributed by atoms with Gasteiger partial charge in [-0.25, -0.2) is 4.79 Å². The second-order valence-electron chi connectivity index (χ2n) is 7.40. The summed E-state index contributed by atoms with van der Waals surface area (Å²) in [5.74, 6) is 0.351. The van der Waals surface area contributed by atoms with Crippen LogP contribution in [-0.4, -0.2) is 30.3 Å². The highest BCUT2D eigenvalue weighted by Crippen LogP contribution is 2.45. The van der Waals surface area contributed by atoms with Crippen LogP contribution < -0.4 is 10.1 Å². The Labute approximate surface area is 159 Å². The lowest BCUT2D eigenvalue weighted by Gasteiger charge is -2.44. The molecule has 0 radical (unpaired) electrons. The largest absolute Gasteiger partial charge is 0.483 e. The molecule has 0 bridgehead atoms. The molecule has 0 fully saturated rings. The molecule has 0 amide bonds. The third-order valence-electron chi connectivity index (χ3n) is 4.41. The van der Waals surface area contributed by atoms with Gasteiger partial charge in [-0.05, 0) is 65.0 Å². The maximum Gasteiger partial charge on any atom is 0.374 e. The zero-order valence-electron chi connectivity index (χ0n) is 16.4. The maximum atomic E-state index is 12.5. The van der Waals surface area contributed by atoms with E-state index in [2.05, 4.69) is 5.32 Å². The SMILES string of the molecule is CCNc1ccc2c(c1)C(OC(C)C)C(OC(=O)c1ccco1)C(C)(C)O2. The summed E-state index contributed by atoms with van der Waals surface area (Å²) in [5, 5.41) is 3.30. The molecule has 2 aromatic rings. The molecule has 1 N–H and O–H groups in total. The summed E-state index contributed by atoms with van der Waals surface area (Å²) in [5.41, 5.74) is 1.06. The van der Waals surface area contributed by atoms with Crippen LogP contribution in [-0.2, 0) is 9.47 Å². The fraction of sp³-hybridized carbons (Fsp3) is 0.476. The first-order chi connectivity index (χ1) is 12.8. The van der Waals surface area contributed by atoms with E-state index in [1.165, 1.54) is 6.26 Å². The van der Waals surface area contributed by atoms with Gasteiger partial charge in [0, 0.05) is 17.8 Å². The average molecular weight is 373 g/mol. The molecule has 0 saturated heterocycles. The molecule has 146 valence electrons.